The number of nitrogens with one attached hydrogen (secondary N) is 1. The van der Waals surface area contributed by atoms with Crippen molar-refractivity contribution in [3.8, 4) is 0 Å². The zero-order valence-corrected chi connectivity index (χ0v) is 17.1. The Hall–Kier alpha value is -2.05. The number of aromatic nitrogens is 1. The third kappa shape index (κ3) is 4.18. The van der Waals surface area contributed by atoms with Crippen LogP contribution in [0.2, 0.25) is 15.1 Å². The van der Waals surface area contributed by atoms with Crippen LogP contribution in [0.15, 0.2) is 47.4 Å². The molecule has 0 aliphatic carbocycles. The summed E-state index contributed by atoms with van der Waals surface area (Å²) in [6.45, 7) is 1.58. The first kappa shape index (κ1) is 20.7. The van der Waals surface area contributed by atoms with Crippen LogP contribution in [0.1, 0.15) is 18.5 Å². The van der Waals surface area contributed by atoms with E-state index in [-0.39, 0.29) is 30.5 Å². The van der Waals surface area contributed by atoms with E-state index in [1.54, 1.807) is 49.5 Å². The number of hydrogen-bond donors (Lipinski definition) is 2. The Morgan fingerprint density at radius 1 is 1.07 bits per heavy atom. The minimum atomic E-state index is -0.361. The van der Waals surface area contributed by atoms with Crippen molar-refractivity contribution in [1.29, 1.82) is 0 Å². The highest BCUT2D eigenvalue weighted by atomic mass is 35.5. The lowest BCUT2D eigenvalue weighted by atomic mass is 10.1. The zero-order valence-electron chi connectivity index (χ0n) is 14.9. The molecule has 2 aromatic carbocycles. The summed E-state index contributed by atoms with van der Waals surface area (Å²) in [5.41, 5.74) is 0.795. The van der Waals surface area contributed by atoms with Gasteiger partial charge in [0.2, 0.25) is 5.91 Å². The van der Waals surface area contributed by atoms with E-state index in [4.69, 9.17) is 34.8 Å². The molecule has 146 valence electrons. The van der Waals surface area contributed by atoms with Crippen LogP contribution < -0.4 is 10.9 Å². The van der Waals surface area contributed by atoms with E-state index in [1.807, 2.05) is 0 Å². The molecular formula is C20H17Cl3N2O3. The first-order valence-corrected chi connectivity index (χ1v) is 9.63. The van der Waals surface area contributed by atoms with Crippen LogP contribution in [0.4, 0.5) is 5.69 Å². The Morgan fingerprint density at radius 3 is 2.46 bits per heavy atom. The summed E-state index contributed by atoms with van der Waals surface area (Å²) in [5.74, 6) is -0.305. The van der Waals surface area contributed by atoms with Crippen molar-refractivity contribution >= 4 is 57.2 Å². The first-order valence-electron chi connectivity index (χ1n) is 8.49. The number of carbonyl (C=O) groups excluding carboxylic acids is 1. The van der Waals surface area contributed by atoms with E-state index < -0.39 is 0 Å². The van der Waals surface area contributed by atoms with Crippen LogP contribution in [0, 0.1) is 0 Å². The molecule has 3 aromatic rings. The van der Waals surface area contributed by atoms with Gasteiger partial charge in [0.1, 0.15) is 0 Å². The van der Waals surface area contributed by atoms with Crippen molar-refractivity contribution in [2.45, 2.75) is 19.4 Å². The fourth-order valence-corrected chi connectivity index (χ4v) is 3.43. The number of hydrogen-bond acceptors (Lipinski definition) is 3. The lowest BCUT2D eigenvalue weighted by molar-refractivity contribution is -0.115. The molecule has 1 amide bonds. The highest BCUT2D eigenvalue weighted by molar-refractivity contribution is 6.42. The third-order valence-corrected chi connectivity index (χ3v) is 5.47. The zero-order chi connectivity index (χ0) is 20.4. The van der Waals surface area contributed by atoms with Crippen LogP contribution in [0.5, 0.6) is 0 Å². The van der Waals surface area contributed by atoms with Crippen molar-refractivity contribution in [3.05, 3.63) is 73.6 Å². The molecule has 28 heavy (non-hydrogen) atoms. The van der Waals surface area contributed by atoms with Gasteiger partial charge >= 0.3 is 0 Å². The normalized spacial score (nSPS) is 12.2. The second-order valence-electron chi connectivity index (χ2n) is 6.42. The predicted molar refractivity (Wildman–Crippen MR) is 114 cm³/mol. The average molecular weight is 440 g/mol. The average Bonchev–Trinajstić information content (AvgIpc) is 2.66. The van der Waals surface area contributed by atoms with Gasteiger partial charge in [0.15, 0.2) is 0 Å². The molecular weight excluding hydrogens is 423 g/mol. The molecule has 0 fully saturated rings. The van der Waals surface area contributed by atoms with Crippen molar-refractivity contribution < 1.29 is 9.90 Å². The molecule has 0 unspecified atom stereocenters. The number of halogens is 3. The number of benzene rings is 2. The van der Waals surface area contributed by atoms with E-state index in [1.165, 1.54) is 4.57 Å². The summed E-state index contributed by atoms with van der Waals surface area (Å²) in [6.07, 6.45) is 1.65. The minimum absolute atomic E-state index is 0.0716. The highest BCUT2D eigenvalue weighted by Crippen LogP contribution is 2.30. The third-order valence-electron chi connectivity index (χ3n) is 4.41. The summed E-state index contributed by atoms with van der Waals surface area (Å²) >= 11 is 18.2. The van der Waals surface area contributed by atoms with Crippen LogP contribution in [-0.4, -0.2) is 22.2 Å². The Labute approximate surface area is 176 Å². The lowest BCUT2D eigenvalue weighted by Gasteiger charge is -2.15. The number of amides is 1. The second kappa shape index (κ2) is 8.53. The van der Waals surface area contributed by atoms with Crippen molar-refractivity contribution in [2.24, 2.45) is 0 Å². The van der Waals surface area contributed by atoms with Crippen molar-refractivity contribution in [3.63, 3.8) is 0 Å². The molecule has 0 aliphatic heterocycles. The number of fused-ring (bicyclic) bond motifs is 1. The number of aliphatic hydroxyl groups is 1. The van der Waals surface area contributed by atoms with Gasteiger partial charge in [-0.1, -0.05) is 40.9 Å². The first-order chi connectivity index (χ1) is 13.3. The highest BCUT2D eigenvalue weighted by Gasteiger charge is 2.15. The smallest absolute Gasteiger partial charge is 0.258 e. The van der Waals surface area contributed by atoms with Gasteiger partial charge in [0, 0.05) is 17.0 Å². The Balaban J connectivity index is 1.94. The van der Waals surface area contributed by atoms with Gasteiger partial charge in [0.05, 0.1) is 39.8 Å². The Bertz CT molecular complexity index is 1110. The summed E-state index contributed by atoms with van der Waals surface area (Å²) in [6, 6.07) is 9.48. The van der Waals surface area contributed by atoms with Gasteiger partial charge in [-0.25, -0.2) is 0 Å². The van der Waals surface area contributed by atoms with Gasteiger partial charge < -0.3 is 15.0 Å². The van der Waals surface area contributed by atoms with E-state index >= 15 is 0 Å². The maximum Gasteiger partial charge on any atom is 0.258 e. The van der Waals surface area contributed by atoms with Gasteiger partial charge in [-0.15, -0.1) is 0 Å². The molecule has 0 spiro atoms. The summed E-state index contributed by atoms with van der Waals surface area (Å²) < 4.78 is 1.44. The van der Waals surface area contributed by atoms with Crippen LogP contribution in [-0.2, 0) is 11.2 Å². The molecule has 0 saturated heterocycles. The quantitative estimate of drug-likeness (QED) is 0.605. The number of carbonyl (C=O) groups is 1. The number of aliphatic hydroxyl groups excluding tert-OH is 1. The molecule has 1 aromatic heterocycles. The second-order valence-corrected chi connectivity index (χ2v) is 7.64. The minimum Gasteiger partial charge on any atom is -0.394 e. The molecule has 5 nitrogen and oxygen atoms in total. The van der Waals surface area contributed by atoms with Gasteiger partial charge in [-0.2, -0.15) is 0 Å². The van der Waals surface area contributed by atoms with Crippen LogP contribution >= 0.6 is 34.8 Å². The monoisotopic (exact) mass is 438 g/mol. The van der Waals surface area contributed by atoms with E-state index in [0.29, 0.717) is 37.1 Å². The molecule has 3 rings (SSSR count). The molecule has 1 heterocycles. The number of nitrogens with zero attached hydrogens (tertiary/aromatic N) is 1. The van der Waals surface area contributed by atoms with Crippen molar-refractivity contribution in [1.82, 2.24) is 4.57 Å². The fraction of sp³-hybridized carbons (Fsp3) is 0.200. The molecule has 0 aliphatic rings. The summed E-state index contributed by atoms with van der Waals surface area (Å²) in [4.78, 5) is 25.2. The van der Waals surface area contributed by atoms with E-state index in [9.17, 15) is 14.7 Å². The fourth-order valence-electron chi connectivity index (χ4n) is 2.89. The molecule has 0 saturated carbocycles. The van der Waals surface area contributed by atoms with Crippen molar-refractivity contribution in [2.75, 3.05) is 11.9 Å². The van der Waals surface area contributed by atoms with E-state index in [2.05, 4.69) is 5.32 Å². The Kier molecular flexibility index (Phi) is 6.30. The molecule has 0 radical (unpaired) electrons. The van der Waals surface area contributed by atoms with Gasteiger partial charge in [-0.05, 0) is 42.8 Å². The number of rotatable bonds is 5. The predicted octanol–water partition coefficient (Wildman–Crippen LogP) is 4.70. The standard InChI is InChI=1S/C20H17Cl3N2O3/c1-11(10-26)25-7-6-13-14(20(25)28)3-5-16(22)19(13)24-18(27)9-12-2-4-15(21)17(23)8-12/h2-8,11,26H,9-10H2,1H3,(H,24,27)/t11-/m1/s1. The lowest BCUT2D eigenvalue weighted by Crippen LogP contribution is -2.25. The molecule has 1 atom stereocenters. The largest absolute Gasteiger partial charge is 0.394 e. The topological polar surface area (TPSA) is 71.3 Å². The summed E-state index contributed by atoms with van der Waals surface area (Å²) in [7, 11) is 0. The van der Waals surface area contributed by atoms with E-state index in [0.717, 1.165) is 0 Å². The maximum atomic E-state index is 12.7. The number of anilines is 1. The van der Waals surface area contributed by atoms with Crippen LogP contribution in [0.25, 0.3) is 10.8 Å². The Morgan fingerprint density at radius 2 is 1.79 bits per heavy atom. The molecule has 2 N–H and O–H groups in total. The van der Waals surface area contributed by atoms with Gasteiger partial charge in [0.25, 0.3) is 5.56 Å². The van der Waals surface area contributed by atoms with Gasteiger partial charge in [-0.3, -0.25) is 9.59 Å². The summed E-state index contributed by atoms with van der Waals surface area (Å²) in [5, 5.41) is 14.1. The maximum absolute atomic E-state index is 12.7. The number of pyridine rings is 1. The molecule has 8 heteroatoms. The SMILES string of the molecule is C[C@H](CO)n1ccc2c(NC(=O)Cc3ccc(Cl)c(Cl)c3)c(Cl)ccc2c1=O. The van der Waals surface area contributed by atoms with Crippen LogP contribution in [0.3, 0.4) is 0 Å². The molecule has 0 bridgehead atoms.